The number of hydrogen-bond donors (Lipinski definition) is 0. The summed E-state index contributed by atoms with van der Waals surface area (Å²) in [6.07, 6.45) is 5.56. The van der Waals surface area contributed by atoms with Gasteiger partial charge in [0, 0.05) is 23.3 Å². The number of halogens is 3. The molecule has 0 N–H and O–H groups in total. The Kier molecular flexibility index (Phi) is 3.08. The average Bonchev–Trinajstić information content (AvgIpc) is 1.95. The second-order valence-electron chi connectivity index (χ2n) is 1.91. The summed E-state index contributed by atoms with van der Waals surface area (Å²) in [4.78, 5) is 0. The first-order chi connectivity index (χ1) is 4.74. The first-order valence-corrected chi connectivity index (χ1v) is 4.66. The van der Waals surface area contributed by atoms with Crippen LogP contribution in [0.3, 0.4) is 0 Å². The van der Waals surface area contributed by atoms with Crippen LogP contribution in [0.2, 0.25) is 0 Å². The largest absolute Gasteiger partial charge is 0.271 e. The van der Waals surface area contributed by atoms with E-state index in [9.17, 15) is 0 Å². The number of rotatable bonds is 1. The smallest absolute Gasteiger partial charge is 0.137 e. The summed E-state index contributed by atoms with van der Waals surface area (Å²) in [6, 6.07) is 0. The molecule has 0 bridgehead atoms. The first-order valence-electron chi connectivity index (χ1n) is 2.77. The topological polar surface area (TPSA) is 3.24 Å². The molecule has 56 valence electrons. The van der Waals surface area contributed by atoms with Gasteiger partial charge < -0.3 is 0 Å². The number of alkyl halides is 2. The van der Waals surface area contributed by atoms with Gasteiger partial charge in [0.15, 0.2) is 0 Å². The quantitative estimate of drug-likeness (QED) is 0.388. The van der Waals surface area contributed by atoms with Crippen LogP contribution in [0.4, 0.5) is 0 Å². The lowest BCUT2D eigenvalue weighted by molar-refractivity contribution is 0.616. The highest BCUT2D eigenvalue weighted by atomic mass is 79.9. The summed E-state index contributed by atoms with van der Waals surface area (Å²) >= 11 is 14.7. The van der Waals surface area contributed by atoms with Crippen molar-refractivity contribution in [3.63, 3.8) is 0 Å². The van der Waals surface area contributed by atoms with Crippen molar-refractivity contribution in [1.82, 2.24) is 4.42 Å². The molecule has 4 heteroatoms. The third-order valence-corrected chi connectivity index (χ3v) is 2.58. The third-order valence-electron chi connectivity index (χ3n) is 1.17. The van der Waals surface area contributed by atoms with Gasteiger partial charge in [0.1, 0.15) is 5.50 Å². The molecular weight excluding hydrogens is 237 g/mol. The summed E-state index contributed by atoms with van der Waals surface area (Å²) in [5.41, 5.74) is 0.927. The van der Waals surface area contributed by atoms with E-state index in [-0.39, 0.29) is 5.50 Å². The van der Waals surface area contributed by atoms with E-state index in [0.717, 1.165) is 10.9 Å². The highest BCUT2D eigenvalue weighted by Crippen LogP contribution is 2.19. The molecule has 1 heterocycles. The van der Waals surface area contributed by atoms with Gasteiger partial charge in [0.05, 0.1) is 0 Å². The summed E-state index contributed by atoms with van der Waals surface area (Å²) < 4.78 is 1.42. The zero-order chi connectivity index (χ0) is 7.56. The van der Waals surface area contributed by atoms with Crippen molar-refractivity contribution >= 4 is 39.3 Å². The highest BCUT2D eigenvalue weighted by Gasteiger charge is 2.10. The second kappa shape index (κ2) is 3.65. The Morgan fingerprint density at radius 3 is 2.90 bits per heavy atom. The molecule has 0 radical (unpaired) electrons. The lowest BCUT2D eigenvalue weighted by atomic mass is 10.2. The Labute approximate surface area is 78.5 Å². The van der Waals surface area contributed by atoms with Crippen LogP contribution < -0.4 is 0 Å². The van der Waals surface area contributed by atoms with Crippen LogP contribution in [0.1, 0.15) is 0 Å². The number of hydrogen-bond acceptors (Lipinski definition) is 1. The van der Waals surface area contributed by atoms with Crippen LogP contribution in [-0.4, -0.2) is 15.3 Å². The van der Waals surface area contributed by atoms with Crippen molar-refractivity contribution in [2.75, 3.05) is 5.33 Å². The molecule has 1 rings (SSSR count). The van der Waals surface area contributed by atoms with E-state index in [4.69, 9.17) is 23.4 Å². The zero-order valence-corrected chi connectivity index (χ0v) is 8.20. The minimum absolute atomic E-state index is 0.223. The minimum atomic E-state index is -0.223. The predicted octanol–water partition coefficient (Wildman–Crippen LogP) is 2.86. The molecule has 0 aliphatic carbocycles. The van der Waals surface area contributed by atoms with E-state index < -0.39 is 0 Å². The fourth-order valence-corrected chi connectivity index (χ4v) is 1.36. The Bertz CT molecular complexity index is 179. The van der Waals surface area contributed by atoms with Crippen molar-refractivity contribution < 1.29 is 0 Å². The predicted molar refractivity (Wildman–Crippen MR) is 48.4 cm³/mol. The molecule has 1 aliphatic rings. The SMILES string of the molecule is ClC1C=C(CBr)C=CN1Cl. The molecule has 0 saturated heterocycles. The molecular formula is C6H6BrCl2N. The van der Waals surface area contributed by atoms with Gasteiger partial charge in [0.25, 0.3) is 0 Å². The Hall–Kier alpha value is 0.340. The van der Waals surface area contributed by atoms with Crippen molar-refractivity contribution in [2.24, 2.45) is 0 Å². The molecule has 0 aromatic rings. The molecule has 1 nitrogen and oxygen atoms in total. The van der Waals surface area contributed by atoms with Crippen molar-refractivity contribution in [3.05, 3.63) is 23.9 Å². The Balaban J connectivity index is 2.66. The van der Waals surface area contributed by atoms with Crippen LogP contribution in [0.5, 0.6) is 0 Å². The fraction of sp³-hybridized carbons (Fsp3) is 0.333. The maximum absolute atomic E-state index is 5.79. The second-order valence-corrected chi connectivity index (χ2v) is 3.31. The van der Waals surface area contributed by atoms with Gasteiger partial charge >= 0.3 is 0 Å². The van der Waals surface area contributed by atoms with Gasteiger partial charge in [-0.2, -0.15) is 0 Å². The van der Waals surface area contributed by atoms with Gasteiger partial charge in [-0.05, 0) is 17.7 Å². The van der Waals surface area contributed by atoms with E-state index in [1.807, 2.05) is 12.2 Å². The van der Waals surface area contributed by atoms with Crippen LogP contribution in [-0.2, 0) is 0 Å². The zero-order valence-electron chi connectivity index (χ0n) is 5.10. The molecule has 1 aliphatic heterocycles. The van der Waals surface area contributed by atoms with Gasteiger partial charge in [-0.25, -0.2) is 0 Å². The maximum Gasteiger partial charge on any atom is 0.137 e. The molecule has 1 atom stereocenters. The maximum atomic E-state index is 5.79. The lowest BCUT2D eigenvalue weighted by Gasteiger charge is -2.18. The fourth-order valence-electron chi connectivity index (χ4n) is 0.642. The van der Waals surface area contributed by atoms with Crippen molar-refractivity contribution in [3.8, 4) is 0 Å². The number of allylic oxidation sites excluding steroid dienone is 2. The summed E-state index contributed by atoms with van der Waals surface area (Å²) in [5, 5.41) is 0.817. The summed E-state index contributed by atoms with van der Waals surface area (Å²) in [7, 11) is 0. The summed E-state index contributed by atoms with van der Waals surface area (Å²) in [5.74, 6) is 0. The van der Waals surface area contributed by atoms with Gasteiger partial charge in [-0.3, -0.25) is 4.42 Å². The monoisotopic (exact) mass is 241 g/mol. The molecule has 0 amide bonds. The number of nitrogens with zero attached hydrogens (tertiary/aromatic N) is 1. The van der Waals surface area contributed by atoms with Crippen LogP contribution in [0.25, 0.3) is 0 Å². The molecule has 10 heavy (non-hydrogen) atoms. The Morgan fingerprint density at radius 1 is 1.70 bits per heavy atom. The molecule has 1 unspecified atom stereocenters. The van der Waals surface area contributed by atoms with Crippen LogP contribution >= 0.6 is 39.3 Å². The van der Waals surface area contributed by atoms with Crippen molar-refractivity contribution in [2.45, 2.75) is 5.50 Å². The molecule has 0 aromatic heterocycles. The molecule has 0 spiro atoms. The minimum Gasteiger partial charge on any atom is -0.271 e. The van der Waals surface area contributed by atoms with E-state index in [1.54, 1.807) is 6.20 Å². The van der Waals surface area contributed by atoms with Crippen molar-refractivity contribution in [1.29, 1.82) is 0 Å². The van der Waals surface area contributed by atoms with Gasteiger partial charge in [0.2, 0.25) is 0 Å². The molecule has 0 aromatic carbocycles. The van der Waals surface area contributed by atoms with Crippen LogP contribution in [0.15, 0.2) is 23.9 Å². The normalized spacial score (nSPS) is 24.9. The van der Waals surface area contributed by atoms with Crippen LogP contribution in [0, 0.1) is 0 Å². The highest BCUT2D eigenvalue weighted by molar-refractivity contribution is 9.09. The van der Waals surface area contributed by atoms with E-state index >= 15 is 0 Å². The van der Waals surface area contributed by atoms with Gasteiger partial charge in [-0.1, -0.05) is 27.5 Å². The first kappa shape index (κ1) is 8.44. The van der Waals surface area contributed by atoms with Gasteiger partial charge in [-0.15, -0.1) is 0 Å². The Morgan fingerprint density at radius 2 is 2.40 bits per heavy atom. The standard InChI is InChI=1S/C6H6BrCl2N/c7-4-5-1-2-10(9)6(8)3-5/h1-3,6H,4H2. The lowest BCUT2D eigenvalue weighted by Crippen LogP contribution is -2.16. The average molecular weight is 243 g/mol. The molecule has 0 saturated carbocycles. The molecule has 0 fully saturated rings. The third kappa shape index (κ3) is 1.91. The van der Waals surface area contributed by atoms with E-state index in [2.05, 4.69) is 15.9 Å². The van der Waals surface area contributed by atoms with E-state index in [1.165, 1.54) is 4.42 Å². The summed E-state index contributed by atoms with van der Waals surface area (Å²) in [6.45, 7) is 0. The van der Waals surface area contributed by atoms with E-state index in [0.29, 0.717) is 0 Å².